The molecule has 0 bridgehead atoms. The molecule has 0 aliphatic carbocycles. The third-order valence-corrected chi connectivity index (χ3v) is 5.70. The molecule has 2 heterocycles. The Labute approximate surface area is 166 Å². The Bertz CT molecular complexity index is 739. The molecule has 1 aromatic heterocycles. The summed E-state index contributed by atoms with van der Waals surface area (Å²) in [6.07, 6.45) is 0.931. The predicted octanol–water partition coefficient (Wildman–Crippen LogP) is 4.29. The van der Waals surface area contributed by atoms with Crippen molar-refractivity contribution in [2.75, 3.05) is 36.0 Å². The molecule has 0 N–H and O–H groups in total. The number of hydrogen-bond acceptors (Lipinski definition) is 5. The van der Waals surface area contributed by atoms with Crippen molar-refractivity contribution in [1.82, 2.24) is 10.1 Å². The van der Waals surface area contributed by atoms with Crippen LogP contribution in [0.25, 0.3) is 11.3 Å². The van der Waals surface area contributed by atoms with Crippen LogP contribution in [0.2, 0.25) is 0 Å². The van der Waals surface area contributed by atoms with Crippen LogP contribution in [-0.2, 0) is 11.3 Å². The number of nitrogens with zero attached hydrogens (tertiary/aromatic N) is 3. The van der Waals surface area contributed by atoms with Gasteiger partial charge in [-0.3, -0.25) is 4.79 Å². The first kappa shape index (κ1) is 19.8. The van der Waals surface area contributed by atoms with Crippen LogP contribution in [-0.4, -0.2) is 47.1 Å². The SMILES string of the molecule is CCCN(Cc1c(-c2ccccc2)noc1N1CCSCC1)C(=O)C(C)C. The maximum absolute atomic E-state index is 12.8. The molecule has 0 saturated carbocycles. The summed E-state index contributed by atoms with van der Waals surface area (Å²) in [4.78, 5) is 17.0. The van der Waals surface area contributed by atoms with Gasteiger partial charge < -0.3 is 14.3 Å². The van der Waals surface area contributed by atoms with E-state index >= 15 is 0 Å². The maximum atomic E-state index is 12.8. The lowest BCUT2D eigenvalue weighted by Crippen LogP contribution is -2.36. The largest absolute Gasteiger partial charge is 0.339 e. The van der Waals surface area contributed by atoms with Crippen molar-refractivity contribution in [2.24, 2.45) is 5.92 Å². The van der Waals surface area contributed by atoms with Gasteiger partial charge in [-0.25, -0.2) is 0 Å². The zero-order valence-electron chi connectivity index (χ0n) is 16.5. The van der Waals surface area contributed by atoms with Gasteiger partial charge in [-0.1, -0.05) is 56.3 Å². The zero-order valence-corrected chi connectivity index (χ0v) is 17.3. The topological polar surface area (TPSA) is 49.6 Å². The smallest absolute Gasteiger partial charge is 0.232 e. The van der Waals surface area contributed by atoms with E-state index < -0.39 is 0 Å². The molecule has 1 saturated heterocycles. The highest BCUT2D eigenvalue weighted by molar-refractivity contribution is 7.99. The summed E-state index contributed by atoms with van der Waals surface area (Å²) in [7, 11) is 0. The van der Waals surface area contributed by atoms with Crippen molar-refractivity contribution in [2.45, 2.75) is 33.7 Å². The second kappa shape index (κ2) is 9.31. The van der Waals surface area contributed by atoms with Crippen LogP contribution >= 0.6 is 11.8 Å². The molecule has 1 fully saturated rings. The first-order chi connectivity index (χ1) is 13.1. The molecule has 1 aliphatic heterocycles. The lowest BCUT2D eigenvalue weighted by molar-refractivity contribution is -0.135. The van der Waals surface area contributed by atoms with E-state index in [1.54, 1.807) is 0 Å². The fourth-order valence-electron chi connectivity index (χ4n) is 3.37. The molecule has 0 spiro atoms. The molecular weight excluding hydrogens is 358 g/mol. The highest BCUT2D eigenvalue weighted by Gasteiger charge is 2.27. The molecule has 27 heavy (non-hydrogen) atoms. The summed E-state index contributed by atoms with van der Waals surface area (Å²) in [5.74, 6) is 3.16. The van der Waals surface area contributed by atoms with Gasteiger partial charge in [0.05, 0.1) is 12.1 Å². The Hall–Kier alpha value is -1.95. The predicted molar refractivity (Wildman–Crippen MR) is 112 cm³/mol. The van der Waals surface area contributed by atoms with Crippen LogP contribution in [0, 0.1) is 5.92 Å². The van der Waals surface area contributed by atoms with Gasteiger partial charge in [0, 0.05) is 42.6 Å². The molecule has 2 aromatic rings. The number of amides is 1. The van der Waals surface area contributed by atoms with Gasteiger partial charge >= 0.3 is 0 Å². The van der Waals surface area contributed by atoms with Gasteiger partial charge in [0.25, 0.3) is 0 Å². The van der Waals surface area contributed by atoms with Crippen LogP contribution in [0.5, 0.6) is 0 Å². The van der Waals surface area contributed by atoms with E-state index in [-0.39, 0.29) is 11.8 Å². The lowest BCUT2D eigenvalue weighted by Gasteiger charge is -2.28. The minimum absolute atomic E-state index is 0.0218. The monoisotopic (exact) mass is 387 g/mol. The van der Waals surface area contributed by atoms with Crippen molar-refractivity contribution < 1.29 is 9.32 Å². The average molecular weight is 388 g/mol. The van der Waals surface area contributed by atoms with Crippen molar-refractivity contribution in [3.05, 3.63) is 35.9 Å². The second-order valence-corrected chi connectivity index (χ2v) is 8.42. The molecule has 1 aromatic carbocycles. The van der Waals surface area contributed by atoms with Gasteiger partial charge in [0.1, 0.15) is 5.69 Å². The Balaban J connectivity index is 1.98. The summed E-state index contributed by atoms with van der Waals surface area (Å²) in [5, 5.41) is 4.42. The van der Waals surface area contributed by atoms with Gasteiger partial charge in [-0.2, -0.15) is 11.8 Å². The Kier molecular flexibility index (Phi) is 6.83. The summed E-state index contributed by atoms with van der Waals surface area (Å²) in [6.45, 7) is 9.21. The molecule has 3 rings (SSSR count). The first-order valence-electron chi connectivity index (χ1n) is 9.77. The summed E-state index contributed by atoms with van der Waals surface area (Å²) in [6, 6.07) is 10.1. The first-order valence-corrected chi connectivity index (χ1v) is 10.9. The number of carbonyl (C=O) groups excluding carboxylic acids is 1. The summed E-state index contributed by atoms with van der Waals surface area (Å²) < 4.78 is 5.84. The van der Waals surface area contributed by atoms with E-state index in [1.165, 1.54) is 0 Å². The van der Waals surface area contributed by atoms with Crippen molar-refractivity contribution in [3.8, 4) is 11.3 Å². The fraction of sp³-hybridized carbons (Fsp3) is 0.524. The number of carbonyl (C=O) groups is 1. The fourth-order valence-corrected chi connectivity index (χ4v) is 4.28. The third-order valence-electron chi connectivity index (χ3n) is 4.76. The van der Waals surface area contributed by atoms with Gasteiger partial charge in [0.2, 0.25) is 11.8 Å². The number of aromatic nitrogens is 1. The van der Waals surface area contributed by atoms with Crippen LogP contribution in [0.3, 0.4) is 0 Å². The van der Waals surface area contributed by atoms with Gasteiger partial charge in [-0.05, 0) is 6.42 Å². The van der Waals surface area contributed by atoms with E-state index in [0.29, 0.717) is 6.54 Å². The quantitative estimate of drug-likeness (QED) is 0.709. The highest BCUT2D eigenvalue weighted by atomic mass is 32.2. The minimum atomic E-state index is -0.0218. The number of anilines is 1. The van der Waals surface area contributed by atoms with E-state index in [0.717, 1.165) is 60.3 Å². The minimum Gasteiger partial charge on any atom is -0.339 e. The molecule has 1 aliphatic rings. The molecule has 1 amide bonds. The molecule has 5 nitrogen and oxygen atoms in total. The highest BCUT2D eigenvalue weighted by Crippen LogP contribution is 2.33. The van der Waals surface area contributed by atoms with Crippen LogP contribution < -0.4 is 4.90 Å². The van der Waals surface area contributed by atoms with Crippen molar-refractivity contribution in [3.63, 3.8) is 0 Å². The van der Waals surface area contributed by atoms with Crippen LogP contribution in [0.15, 0.2) is 34.9 Å². The standard InChI is InChI=1S/C21H29N3O2S/c1-4-10-24(20(25)16(2)3)15-18-19(17-8-6-5-7-9-17)22-26-21(18)23-11-13-27-14-12-23/h5-9,16H,4,10-15H2,1-3H3. The second-order valence-electron chi connectivity index (χ2n) is 7.19. The number of rotatable bonds is 7. The molecule has 0 atom stereocenters. The Morgan fingerprint density at radius 2 is 1.96 bits per heavy atom. The van der Waals surface area contributed by atoms with Crippen molar-refractivity contribution >= 4 is 23.6 Å². The summed E-state index contributed by atoms with van der Waals surface area (Å²) >= 11 is 1.96. The van der Waals surface area contributed by atoms with Crippen molar-refractivity contribution in [1.29, 1.82) is 0 Å². The molecule has 0 unspecified atom stereocenters. The van der Waals surface area contributed by atoms with E-state index in [1.807, 2.05) is 60.8 Å². The number of hydrogen-bond donors (Lipinski definition) is 0. The molecule has 0 radical (unpaired) electrons. The van der Waals surface area contributed by atoms with Gasteiger partial charge in [-0.15, -0.1) is 0 Å². The Morgan fingerprint density at radius 1 is 1.26 bits per heavy atom. The zero-order chi connectivity index (χ0) is 19.2. The van der Waals surface area contributed by atoms with Gasteiger partial charge in [0.15, 0.2) is 0 Å². The van der Waals surface area contributed by atoms with Crippen LogP contribution in [0.4, 0.5) is 5.88 Å². The lowest BCUT2D eigenvalue weighted by atomic mass is 10.1. The van der Waals surface area contributed by atoms with Crippen LogP contribution in [0.1, 0.15) is 32.8 Å². The Morgan fingerprint density at radius 3 is 2.59 bits per heavy atom. The average Bonchev–Trinajstić information content (AvgIpc) is 3.12. The normalized spacial score (nSPS) is 14.6. The molecule has 146 valence electrons. The van der Waals surface area contributed by atoms with E-state index in [2.05, 4.69) is 17.0 Å². The maximum Gasteiger partial charge on any atom is 0.232 e. The number of thioether (sulfide) groups is 1. The molecular formula is C21H29N3O2S. The van der Waals surface area contributed by atoms with E-state index in [9.17, 15) is 4.79 Å². The number of benzene rings is 1. The molecule has 6 heteroatoms. The summed E-state index contributed by atoms with van der Waals surface area (Å²) in [5.41, 5.74) is 2.90. The van der Waals surface area contributed by atoms with E-state index in [4.69, 9.17) is 4.52 Å². The third kappa shape index (κ3) is 4.67.